The molecule has 1 aromatic rings. The molecular formula is C21H33ClIN3O3. The summed E-state index contributed by atoms with van der Waals surface area (Å²) in [7, 11) is 0. The monoisotopic (exact) mass is 537 g/mol. The average Bonchev–Trinajstić information content (AvgIpc) is 3.24. The Hall–Kier alpha value is -0.610. The van der Waals surface area contributed by atoms with Crippen LogP contribution in [0.1, 0.15) is 44.3 Å². The van der Waals surface area contributed by atoms with Gasteiger partial charge in [0.2, 0.25) is 0 Å². The van der Waals surface area contributed by atoms with Gasteiger partial charge in [-0.15, -0.1) is 24.0 Å². The van der Waals surface area contributed by atoms with Gasteiger partial charge in [-0.2, -0.15) is 0 Å². The van der Waals surface area contributed by atoms with Gasteiger partial charge in [0.1, 0.15) is 6.10 Å². The van der Waals surface area contributed by atoms with Crippen LogP contribution in [0.5, 0.6) is 0 Å². The number of benzene rings is 1. The number of halogens is 2. The van der Waals surface area contributed by atoms with Crippen molar-refractivity contribution in [2.45, 2.75) is 50.9 Å². The van der Waals surface area contributed by atoms with Crippen LogP contribution in [0.2, 0.25) is 5.02 Å². The number of rotatable bonds is 7. The highest BCUT2D eigenvalue weighted by Crippen LogP contribution is 2.23. The fourth-order valence-electron chi connectivity index (χ4n) is 3.70. The molecule has 2 heterocycles. The van der Waals surface area contributed by atoms with Crippen molar-refractivity contribution in [2.24, 2.45) is 4.99 Å². The molecule has 0 saturated carbocycles. The zero-order valence-corrected chi connectivity index (χ0v) is 20.1. The van der Waals surface area contributed by atoms with Gasteiger partial charge in [-0.1, -0.05) is 29.8 Å². The zero-order chi connectivity index (χ0) is 19.8. The number of hydrogen-bond donors (Lipinski definition) is 2. The number of nitrogens with zero attached hydrogens (tertiary/aromatic N) is 2. The van der Waals surface area contributed by atoms with E-state index in [0.717, 1.165) is 57.9 Å². The van der Waals surface area contributed by atoms with Gasteiger partial charge in [0.25, 0.3) is 0 Å². The van der Waals surface area contributed by atoms with E-state index in [2.05, 4.69) is 22.1 Å². The Morgan fingerprint density at radius 2 is 2.10 bits per heavy atom. The number of ether oxygens (including phenoxy) is 2. The summed E-state index contributed by atoms with van der Waals surface area (Å²) in [5, 5.41) is 14.4. The van der Waals surface area contributed by atoms with Crippen LogP contribution in [-0.4, -0.2) is 67.6 Å². The molecule has 2 aliphatic heterocycles. The lowest BCUT2D eigenvalue weighted by Gasteiger charge is -2.34. The Labute approximate surface area is 196 Å². The van der Waals surface area contributed by atoms with E-state index in [0.29, 0.717) is 17.2 Å². The molecule has 3 rings (SSSR count). The topological polar surface area (TPSA) is 66.3 Å². The Morgan fingerprint density at radius 3 is 2.76 bits per heavy atom. The molecule has 0 aromatic heterocycles. The van der Waals surface area contributed by atoms with Crippen molar-refractivity contribution >= 4 is 41.5 Å². The molecule has 0 aliphatic carbocycles. The first-order chi connectivity index (χ1) is 13.7. The summed E-state index contributed by atoms with van der Waals surface area (Å²) >= 11 is 6.18. The molecule has 6 nitrogen and oxygen atoms in total. The Morgan fingerprint density at radius 1 is 1.34 bits per heavy atom. The van der Waals surface area contributed by atoms with Gasteiger partial charge in [0.15, 0.2) is 5.96 Å². The molecule has 0 amide bonds. The number of aliphatic hydroxyl groups is 1. The molecule has 2 saturated heterocycles. The number of nitrogens with one attached hydrogen (secondary N) is 1. The fraction of sp³-hybridized carbons (Fsp3) is 0.667. The molecule has 0 radical (unpaired) electrons. The van der Waals surface area contributed by atoms with Gasteiger partial charge >= 0.3 is 0 Å². The van der Waals surface area contributed by atoms with Crippen LogP contribution >= 0.6 is 35.6 Å². The summed E-state index contributed by atoms with van der Waals surface area (Å²) < 4.78 is 11.7. The third-order valence-corrected chi connectivity index (χ3v) is 5.64. The van der Waals surface area contributed by atoms with Crippen LogP contribution in [0.3, 0.4) is 0 Å². The average molecular weight is 538 g/mol. The smallest absolute Gasteiger partial charge is 0.194 e. The van der Waals surface area contributed by atoms with Gasteiger partial charge in [-0.3, -0.25) is 4.99 Å². The van der Waals surface area contributed by atoms with Crippen LogP contribution in [0.15, 0.2) is 29.3 Å². The van der Waals surface area contributed by atoms with Crippen molar-refractivity contribution in [3.05, 3.63) is 34.9 Å². The highest BCUT2D eigenvalue weighted by atomic mass is 127. The number of guanidine groups is 1. The molecule has 29 heavy (non-hydrogen) atoms. The molecule has 1 aromatic carbocycles. The van der Waals surface area contributed by atoms with E-state index in [1.165, 1.54) is 0 Å². The lowest BCUT2D eigenvalue weighted by Crippen LogP contribution is -2.47. The largest absolute Gasteiger partial charge is 0.386 e. The van der Waals surface area contributed by atoms with Gasteiger partial charge < -0.3 is 24.8 Å². The Bertz CT molecular complexity index is 635. The molecule has 0 spiro atoms. The van der Waals surface area contributed by atoms with E-state index >= 15 is 0 Å². The van der Waals surface area contributed by atoms with Crippen LogP contribution < -0.4 is 5.32 Å². The summed E-state index contributed by atoms with van der Waals surface area (Å²) in [5.41, 5.74) is 0.713. The number of aliphatic hydroxyl groups excluding tert-OH is 1. The number of likely N-dealkylation sites (tertiary alicyclic amines) is 1. The predicted molar refractivity (Wildman–Crippen MR) is 127 cm³/mol. The highest BCUT2D eigenvalue weighted by molar-refractivity contribution is 14.0. The molecule has 164 valence electrons. The first kappa shape index (κ1) is 24.7. The van der Waals surface area contributed by atoms with Gasteiger partial charge in [-0.05, 0) is 38.7 Å². The second kappa shape index (κ2) is 12.9. The lowest BCUT2D eigenvalue weighted by molar-refractivity contribution is -0.0367. The van der Waals surface area contributed by atoms with Crippen LogP contribution in [0.4, 0.5) is 0 Å². The second-order valence-electron chi connectivity index (χ2n) is 7.39. The second-order valence-corrected chi connectivity index (χ2v) is 7.79. The van der Waals surface area contributed by atoms with E-state index in [-0.39, 0.29) is 42.7 Å². The van der Waals surface area contributed by atoms with E-state index in [1.807, 2.05) is 18.2 Å². The molecule has 2 unspecified atom stereocenters. The minimum Gasteiger partial charge on any atom is -0.386 e. The third-order valence-electron chi connectivity index (χ3n) is 5.30. The van der Waals surface area contributed by atoms with E-state index in [4.69, 9.17) is 21.1 Å². The molecule has 8 heteroatoms. The predicted octanol–water partition coefficient (Wildman–Crippen LogP) is 3.62. The summed E-state index contributed by atoms with van der Waals surface area (Å²) in [6.07, 6.45) is 4.07. The quantitative estimate of drug-likeness (QED) is 0.316. The summed E-state index contributed by atoms with van der Waals surface area (Å²) in [6.45, 7) is 6.49. The van der Waals surface area contributed by atoms with Crippen molar-refractivity contribution in [1.82, 2.24) is 10.2 Å². The normalized spacial score (nSPS) is 21.7. The lowest BCUT2D eigenvalue weighted by atomic mass is 10.1. The molecular weight excluding hydrogens is 505 g/mol. The van der Waals surface area contributed by atoms with E-state index < -0.39 is 6.10 Å². The van der Waals surface area contributed by atoms with Crippen LogP contribution in [-0.2, 0) is 9.47 Å². The number of aliphatic imine (C=N–C) groups is 1. The number of piperidine rings is 1. The Kier molecular flexibility index (Phi) is 11.0. The van der Waals surface area contributed by atoms with Gasteiger partial charge in [-0.25, -0.2) is 0 Å². The van der Waals surface area contributed by atoms with Crippen LogP contribution in [0, 0.1) is 0 Å². The van der Waals surface area contributed by atoms with Gasteiger partial charge in [0, 0.05) is 36.8 Å². The van der Waals surface area contributed by atoms with Gasteiger partial charge in [0.05, 0.1) is 25.4 Å². The molecule has 2 atom stereocenters. The highest BCUT2D eigenvalue weighted by Gasteiger charge is 2.24. The zero-order valence-electron chi connectivity index (χ0n) is 17.1. The fourth-order valence-corrected chi connectivity index (χ4v) is 3.96. The molecule has 2 fully saturated rings. The maximum Gasteiger partial charge on any atom is 0.194 e. The minimum absolute atomic E-state index is 0. The number of hydrogen-bond acceptors (Lipinski definition) is 4. The van der Waals surface area contributed by atoms with Crippen molar-refractivity contribution in [2.75, 3.05) is 39.4 Å². The van der Waals surface area contributed by atoms with Crippen molar-refractivity contribution in [3.63, 3.8) is 0 Å². The van der Waals surface area contributed by atoms with E-state index in [1.54, 1.807) is 6.07 Å². The summed E-state index contributed by atoms with van der Waals surface area (Å²) in [4.78, 5) is 6.90. The Balaban J connectivity index is 0.00000300. The van der Waals surface area contributed by atoms with Crippen LogP contribution in [0.25, 0.3) is 0 Å². The summed E-state index contributed by atoms with van der Waals surface area (Å²) in [6, 6.07) is 7.36. The standard InChI is InChI=1S/C21H32ClN3O3.HI/c1-2-23-21(24-14-20(26)18-7-3-4-8-19(18)22)25-11-9-16(10-12-25)28-15-17-6-5-13-27-17;/h3-4,7-8,16-17,20,26H,2,5-6,9-15H2,1H3,(H,23,24);1H. The summed E-state index contributed by atoms with van der Waals surface area (Å²) in [5.74, 6) is 0.839. The van der Waals surface area contributed by atoms with Crippen molar-refractivity contribution in [1.29, 1.82) is 0 Å². The maximum atomic E-state index is 10.5. The van der Waals surface area contributed by atoms with E-state index in [9.17, 15) is 5.11 Å². The molecule has 0 bridgehead atoms. The molecule has 2 aliphatic rings. The first-order valence-corrected chi connectivity index (χ1v) is 10.7. The third kappa shape index (κ3) is 7.54. The minimum atomic E-state index is -0.713. The first-order valence-electron chi connectivity index (χ1n) is 10.4. The SMILES string of the molecule is CCNC(=NCC(O)c1ccccc1Cl)N1CCC(OCC2CCCO2)CC1.I. The maximum absolute atomic E-state index is 10.5. The molecule has 2 N–H and O–H groups in total. The van der Waals surface area contributed by atoms with Crippen molar-refractivity contribution in [3.8, 4) is 0 Å². The van der Waals surface area contributed by atoms with Crippen molar-refractivity contribution < 1.29 is 14.6 Å².